The van der Waals surface area contributed by atoms with Crippen molar-refractivity contribution in [2.24, 2.45) is 0 Å². The Kier molecular flexibility index (Phi) is 5.73. The summed E-state index contributed by atoms with van der Waals surface area (Å²) in [6, 6.07) is 9.15. The second-order valence-electron chi connectivity index (χ2n) is 4.68. The van der Waals surface area contributed by atoms with Crippen molar-refractivity contribution in [2.45, 2.75) is 19.4 Å². The van der Waals surface area contributed by atoms with Gasteiger partial charge in [-0.25, -0.2) is 8.78 Å². The van der Waals surface area contributed by atoms with E-state index >= 15 is 0 Å². The van der Waals surface area contributed by atoms with Crippen molar-refractivity contribution in [3.63, 3.8) is 0 Å². The molecule has 5 heteroatoms. The molecule has 21 heavy (non-hydrogen) atoms. The van der Waals surface area contributed by atoms with Gasteiger partial charge in [0, 0.05) is 21.1 Å². The Labute approximate surface area is 136 Å². The summed E-state index contributed by atoms with van der Waals surface area (Å²) in [5.74, 6) is -1.07. The Morgan fingerprint density at radius 3 is 2.43 bits per heavy atom. The predicted molar refractivity (Wildman–Crippen MR) is 85.6 cm³/mol. The Morgan fingerprint density at radius 2 is 1.86 bits per heavy atom. The smallest absolute Gasteiger partial charge is 0.129 e. The standard InChI is InChI=1S/C16H15BrClF2N/c1-2-21-16(11-7-6-10(17)8-13(11)18)9-12-14(19)4-3-5-15(12)20/h3-8,16,21H,2,9H2,1H3. The van der Waals surface area contributed by atoms with E-state index in [0.717, 1.165) is 10.0 Å². The van der Waals surface area contributed by atoms with E-state index in [1.165, 1.54) is 18.2 Å². The maximum Gasteiger partial charge on any atom is 0.129 e. The molecule has 0 saturated heterocycles. The second-order valence-corrected chi connectivity index (χ2v) is 6.00. The van der Waals surface area contributed by atoms with Gasteiger partial charge in [-0.15, -0.1) is 0 Å². The average Bonchev–Trinajstić information content (AvgIpc) is 2.42. The quantitative estimate of drug-likeness (QED) is 0.751. The van der Waals surface area contributed by atoms with Crippen LogP contribution in [0.25, 0.3) is 0 Å². The van der Waals surface area contributed by atoms with E-state index in [-0.39, 0.29) is 18.0 Å². The summed E-state index contributed by atoms with van der Waals surface area (Å²) < 4.78 is 28.5. The van der Waals surface area contributed by atoms with E-state index in [9.17, 15) is 8.78 Å². The molecule has 2 aromatic rings. The lowest BCUT2D eigenvalue weighted by atomic mass is 9.98. The summed E-state index contributed by atoms with van der Waals surface area (Å²) in [5.41, 5.74) is 0.895. The zero-order valence-corrected chi connectivity index (χ0v) is 13.8. The molecule has 1 atom stereocenters. The van der Waals surface area contributed by atoms with Crippen LogP contribution in [-0.4, -0.2) is 6.54 Å². The number of likely N-dealkylation sites (N-methyl/N-ethyl adjacent to an activating group) is 1. The van der Waals surface area contributed by atoms with E-state index in [1.807, 2.05) is 19.1 Å². The third-order valence-electron chi connectivity index (χ3n) is 3.26. The maximum absolute atomic E-state index is 13.8. The first kappa shape index (κ1) is 16.4. The van der Waals surface area contributed by atoms with Crippen molar-refractivity contribution >= 4 is 27.5 Å². The van der Waals surface area contributed by atoms with Crippen molar-refractivity contribution < 1.29 is 8.78 Å². The highest BCUT2D eigenvalue weighted by molar-refractivity contribution is 9.10. The lowest BCUT2D eigenvalue weighted by molar-refractivity contribution is 0.499. The second kappa shape index (κ2) is 7.34. The van der Waals surface area contributed by atoms with Gasteiger partial charge in [-0.3, -0.25) is 0 Å². The number of benzene rings is 2. The van der Waals surface area contributed by atoms with Crippen LogP contribution >= 0.6 is 27.5 Å². The van der Waals surface area contributed by atoms with Crippen LogP contribution in [0.3, 0.4) is 0 Å². The summed E-state index contributed by atoms with van der Waals surface area (Å²) in [6.07, 6.45) is 0.202. The van der Waals surface area contributed by atoms with E-state index in [2.05, 4.69) is 21.2 Å². The summed E-state index contributed by atoms with van der Waals surface area (Å²) in [5, 5.41) is 3.79. The van der Waals surface area contributed by atoms with E-state index in [1.54, 1.807) is 6.07 Å². The number of nitrogens with one attached hydrogen (secondary N) is 1. The van der Waals surface area contributed by atoms with Gasteiger partial charge in [0.15, 0.2) is 0 Å². The van der Waals surface area contributed by atoms with Crippen molar-refractivity contribution in [1.29, 1.82) is 0 Å². The molecule has 112 valence electrons. The molecule has 0 heterocycles. The first-order valence-corrected chi connectivity index (χ1v) is 7.81. The third-order valence-corrected chi connectivity index (χ3v) is 4.08. The fourth-order valence-corrected chi connectivity index (χ4v) is 3.06. The minimum atomic E-state index is -0.536. The lowest BCUT2D eigenvalue weighted by Gasteiger charge is -2.20. The number of hydrogen-bond acceptors (Lipinski definition) is 1. The molecule has 0 aliphatic heterocycles. The topological polar surface area (TPSA) is 12.0 Å². The van der Waals surface area contributed by atoms with Gasteiger partial charge in [0.05, 0.1) is 0 Å². The molecule has 0 radical (unpaired) electrons. The molecular formula is C16H15BrClF2N. The lowest BCUT2D eigenvalue weighted by Crippen LogP contribution is -2.24. The Balaban J connectivity index is 2.35. The normalized spacial score (nSPS) is 12.4. The number of halogens is 4. The summed E-state index contributed by atoms with van der Waals surface area (Å²) in [7, 11) is 0. The van der Waals surface area contributed by atoms with Crippen LogP contribution in [-0.2, 0) is 6.42 Å². The molecule has 0 spiro atoms. The molecule has 1 unspecified atom stereocenters. The molecule has 0 bridgehead atoms. The monoisotopic (exact) mass is 373 g/mol. The van der Waals surface area contributed by atoms with E-state index in [4.69, 9.17) is 11.6 Å². The van der Waals surface area contributed by atoms with Crippen LogP contribution in [0.5, 0.6) is 0 Å². The largest absolute Gasteiger partial charge is 0.310 e. The number of rotatable bonds is 5. The van der Waals surface area contributed by atoms with E-state index in [0.29, 0.717) is 11.6 Å². The molecule has 0 amide bonds. The zero-order valence-electron chi connectivity index (χ0n) is 11.5. The molecule has 1 nitrogen and oxygen atoms in total. The highest BCUT2D eigenvalue weighted by Gasteiger charge is 2.19. The number of hydrogen-bond donors (Lipinski definition) is 1. The molecular weight excluding hydrogens is 360 g/mol. The van der Waals surface area contributed by atoms with Gasteiger partial charge >= 0.3 is 0 Å². The van der Waals surface area contributed by atoms with Crippen molar-refractivity contribution in [3.05, 3.63) is 68.7 Å². The fourth-order valence-electron chi connectivity index (χ4n) is 2.25. The molecule has 0 fully saturated rings. The molecule has 0 aromatic heterocycles. The molecule has 1 N–H and O–H groups in total. The predicted octanol–water partition coefficient (Wildman–Crippen LogP) is 5.27. The van der Waals surface area contributed by atoms with Gasteiger partial charge in [-0.1, -0.05) is 46.6 Å². The van der Waals surface area contributed by atoms with Gasteiger partial charge in [-0.2, -0.15) is 0 Å². The van der Waals surface area contributed by atoms with Gasteiger partial charge in [0.2, 0.25) is 0 Å². The average molecular weight is 375 g/mol. The molecule has 0 saturated carbocycles. The Morgan fingerprint density at radius 1 is 1.19 bits per heavy atom. The third kappa shape index (κ3) is 4.02. The molecule has 0 aliphatic rings. The van der Waals surface area contributed by atoms with Gasteiger partial charge in [0.1, 0.15) is 11.6 Å². The van der Waals surface area contributed by atoms with Crippen molar-refractivity contribution in [2.75, 3.05) is 6.54 Å². The van der Waals surface area contributed by atoms with E-state index < -0.39 is 11.6 Å². The van der Waals surface area contributed by atoms with Crippen molar-refractivity contribution in [3.8, 4) is 0 Å². The molecule has 2 aromatic carbocycles. The van der Waals surface area contributed by atoms with Crippen LogP contribution < -0.4 is 5.32 Å². The highest BCUT2D eigenvalue weighted by Crippen LogP contribution is 2.29. The Hall–Kier alpha value is -0.970. The SMILES string of the molecule is CCNC(Cc1c(F)cccc1F)c1ccc(Br)cc1Cl. The van der Waals surface area contributed by atoms with Crippen LogP contribution in [0, 0.1) is 11.6 Å². The van der Waals surface area contributed by atoms with Crippen LogP contribution in [0.4, 0.5) is 8.78 Å². The fraction of sp³-hybridized carbons (Fsp3) is 0.250. The highest BCUT2D eigenvalue weighted by atomic mass is 79.9. The maximum atomic E-state index is 13.8. The van der Waals surface area contributed by atoms with Crippen LogP contribution in [0.1, 0.15) is 24.1 Å². The first-order valence-electron chi connectivity index (χ1n) is 6.64. The van der Waals surface area contributed by atoms with Gasteiger partial charge < -0.3 is 5.32 Å². The molecule has 0 aliphatic carbocycles. The molecule has 2 rings (SSSR count). The summed E-state index contributed by atoms with van der Waals surface area (Å²) in [4.78, 5) is 0. The Bertz CT molecular complexity index is 613. The minimum absolute atomic E-state index is 0.0717. The van der Waals surface area contributed by atoms with Crippen LogP contribution in [0.15, 0.2) is 40.9 Å². The van der Waals surface area contributed by atoms with Crippen LogP contribution in [0.2, 0.25) is 5.02 Å². The first-order chi connectivity index (χ1) is 10.0. The van der Waals surface area contributed by atoms with Gasteiger partial charge in [0.25, 0.3) is 0 Å². The van der Waals surface area contributed by atoms with Crippen molar-refractivity contribution in [1.82, 2.24) is 5.32 Å². The summed E-state index contributed by atoms with van der Waals surface area (Å²) in [6.45, 7) is 2.62. The van der Waals surface area contributed by atoms with Gasteiger partial charge in [-0.05, 0) is 42.8 Å². The minimum Gasteiger partial charge on any atom is -0.310 e. The summed E-state index contributed by atoms with van der Waals surface area (Å²) >= 11 is 9.60. The zero-order chi connectivity index (χ0) is 15.4.